The zero-order valence-corrected chi connectivity index (χ0v) is 19.2. The maximum Gasteiger partial charge on any atom is 0.191 e. The monoisotopic (exact) mass is 438 g/mol. The van der Waals surface area contributed by atoms with Gasteiger partial charge in [0.1, 0.15) is 5.82 Å². The Morgan fingerprint density at radius 2 is 1.93 bits per heavy atom. The van der Waals surface area contributed by atoms with E-state index in [-0.39, 0.29) is 5.78 Å². The highest BCUT2D eigenvalue weighted by Crippen LogP contribution is 2.46. The van der Waals surface area contributed by atoms with Crippen LogP contribution < -0.4 is 0 Å². The van der Waals surface area contributed by atoms with Gasteiger partial charge in [0.05, 0.1) is 5.75 Å². The molecule has 2 aliphatic rings. The van der Waals surface area contributed by atoms with Crippen molar-refractivity contribution in [2.45, 2.75) is 61.5 Å². The van der Waals surface area contributed by atoms with Gasteiger partial charge in [0, 0.05) is 39.5 Å². The fourth-order valence-electron chi connectivity index (χ4n) is 4.08. The van der Waals surface area contributed by atoms with Gasteiger partial charge in [0.15, 0.2) is 10.9 Å². The first kappa shape index (κ1) is 19.9. The van der Waals surface area contributed by atoms with E-state index >= 15 is 0 Å². The highest BCUT2D eigenvalue weighted by atomic mass is 32.2. The van der Waals surface area contributed by atoms with Gasteiger partial charge in [-0.25, -0.2) is 0 Å². The third-order valence-electron chi connectivity index (χ3n) is 5.92. The fraction of sp³-hybridized carbons (Fsp3) is 0.435. The average molecular weight is 439 g/mol. The molecule has 2 fully saturated rings. The summed E-state index contributed by atoms with van der Waals surface area (Å²) in [6.07, 6.45) is 6.93. The smallest absolute Gasteiger partial charge is 0.191 e. The molecule has 156 valence electrons. The second-order valence-corrected chi connectivity index (χ2v) is 10.1. The molecular formula is C23H26N4OS2. The molecule has 0 saturated heterocycles. The molecule has 2 heterocycles. The number of carbonyl (C=O) groups is 1. The predicted octanol–water partition coefficient (Wildman–Crippen LogP) is 5.59. The van der Waals surface area contributed by atoms with Crippen LogP contribution in [0.25, 0.3) is 5.69 Å². The standard InChI is InChI=1S/C23H26N4OS2/c1-14-11-20(15(2)26(14)18-5-4-6-19(12-18)29-3)21(28)13-30-23-25-24-22(16-7-8-16)27(23)17-9-10-17/h4-6,11-12,16-17H,7-10,13H2,1-3H3. The lowest BCUT2D eigenvalue weighted by Gasteiger charge is -2.11. The molecule has 5 rings (SSSR count). The first-order chi connectivity index (χ1) is 14.6. The summed E-state index contributed by atoms with van der Waals surface area (Å²) in [5.41, 5.74) is 3.98. The molecule has 2 aromatic heterocycles. The van der Waals surface area contributed by atoms with E-state index in [0.717, 1.165) is 33.6 Å². The zero-order valence-electron chi connectivity index (χ0n) is 17.6. The lowest BCUT2D eigenvalue weighted by molar-refractivity contribution is 0.102. The van der Waals surface area contributed by atoms with Gasteiger partial charge < -0.3 is 9.13 Å². The number of rotatable bonds is 8. The Labute approximate surface area is 185 Å². The van der Waals surface area contributed by atoms with Gasteiger partial charge in [-0.1, -0.05) is 17.8 Å². The molecule has 3 aromatic rings. The van der Waals surface area contributed by atoms with E-state index in [1.807, 2.05) is 13.0 Å². The summed E-state index contributed by atoms with van der Waals surface area (Å²) in [4.78, 5) is 14.3. The molecule has 0 bridgehead atoms. The Kier molecular flexibility index (Phi) is 5.27. The predicted molar refractivity (Wildman–Crippen MR) is 122 cm³/mol. The third kappa shape index (κ3) is 3.73. The van der Waals surface area contributed by atoms with E-state index < -0.39 is 0 Å². The highest BCUT2D eigenvalue weighted by molar-refractivity contribution is 7.99. The number of aromatic nitrogens is 4. The van der Waals surface area contributed by atoms with Crippen LogP contribution >= 0.6 is 23.5 Å². The Morgan fingerprint density at radius 1 is 1.13 bits per heavy atom. The summed E-state index contributed by atoms with van der Waals surface area (Å²) >= 11 is 3.26. The molecule has 7 heteroatoms. The number of hydrogen-bond acceptors (Lipinski definition) is 5. The summed E-state index contributed by atoms with van der Waals surface area (Å²) < 4.78 is 4.49. The molecule has 0 unspecified atom stereocenters. The van der Waals surface area contributed by atoms with Crippen LogP contribution in [0.1, 0.15) is 65.2 Å². The van der Waals surface area contributed by atoms with Crippen molar-refractivity contribution in [3.05, 3.63) is 53.1 Å². The molecule has 2 aliphatic carbocycles. The number of thioether (sulfide) groups is 2. The number of ketones is 1. The fourth-order valence-corrected chi connectivity index (χ4v) is 5.43. The second kappa shape index (κ2) is 7.93. The minimum absolute atomic E-state index is 0.152. The van der Waals surface area contributed by atoms with Crippen molar-refractivity contribution in [3.63, 3.8) is 0 Å². The van der Waals surface area contributed by atoms with E-state index in [0.29, 0.717) is 17.7 Å². The maximum absolute atomic E-state index is 13.1. The molecule has 5 nitrogen and oxygen atoms in total. The van der Waals surface area contributed by atoms with Gasteiger partial charge in [-0.2, -0.15) is 0 Å². The molecular weight excluding hydrogens is 412 g/mol. The van der Waals surface area contributed by atoms with Gasteiger partial charge in [0.2, 0.25) is 0 Å². The minimum atomic E-state index is 0.152. The first-order valence-electron chi connectivity index (χ1n) is 10.5. The second-order valence-electron chi connectivity index (χ2n) is 8.25. The Hall–Kier alpha value is -1.99. The van der Waals surface area contributed by atoms with Crippen molar-refractivity contribution >= 4 is 29.3 Å². The van der Waals surface area contributed by atoms with Crippen molar-refractivity contribution in [1.82, 2.24) is 19.3 Å². The number of hydrogen-bond donors (Lipinski definition) is 0. The summed E-state index contributed by atoms with van der Waals surface area (Å²) in [5.74, 6) is 2.27. The summed E-state index contributed by atoms with van der Waals surface area (Å²) in [6.45, 7) is 4.10. The average Bonchev–Trinajstić information content (AvgIpc) is 3.68. The van der Waals surface area contributed by atoms with Gasteiger partial charge in [-0.3, -0.25) is 4.79 Å². The molecule has 0 aliphatic heterocycles. The number of Topliss-reactive ketones (excluding diaryl/α,β-unsaturated/α-hetero) is 1. The Balaban J connectivity index is 1.36. The zero-order chi connectivity index (χ0) is 20.8. The van der Waals surface area contributed by atoms with Crippen molar-refractivity contribution < 1.29 is 4.79 Å². The number of carbonyl (C=O) groups excluding carboxylic acids is 1. The van der Waals surface area contributed by atoms with Gasteiger partial charge in [0.25, 0.3) is 0 Å². The van der Waals surface area contributed by atoms with Crippen LogP contribution in [0.2, 0.25) is 0 Å². The topological polar surface area (TPSA) is 52.7 Å². The molecule has 0 N–H and O–H groups in total. The normalized spacial score (nSPS) is 16.2. The Morgan fingerprint density at radius 3 is 2.63 bits per heavy atom. The summed E-state index contributed by atoms with van der Waals surface area (Å²) in [7, 11) is 0. The van der Waals surface area contributed by atoms with Crippen LogP contribution in [0.3, 0.4) is 0 Å². The van der Waals surface area contributed by atoms with Gasteiger partial charge in [-0.15, -0.1) is 22.0 Å². The molecule has 30 heavy (non-hydrogen) atoms. The Bertz CT molecular complexity index is 1110. The molecule has 0 atom stereocenters. The minimum Gasteiger partial charge on any atom is -0.318 e. The first-order valence-corrected chi connectivity index (χ1v) is 12.7. The molecule has 0 radical (unpaired) electrons. The van der Waals surface area contributed by atoms with E-state index in [4.69, 9.17) is 0 Å². The molecule has 0 spiro atoms. The molecule has 0 amide bonds. The van der Waals surface area contributed by atoms with Crippen LogP contribution in [-0.2, 0) is 0 Å². The van der Waals surface area contributed by atoms with Crippen LogP contribution in [0.4, 0.5) is 0 Å². The SMILES string of the molecule is CSc1cccc(-n2c(C)cc(C(=O)CSc3nnc(C4CC4)n3C3CC3)c2C)c1. The van der Waals surface area contributed by atoms with Crippen molar-refractivity contribution in [1.29, 1.82) is 0 Å². The summed E-state index contributed by atoms with van der Waals surface area (Å²) in [6, 6.07) is 11.0. The van der Waals surface area contributed by atoms with Crippen molar-refractivity contribution in [2.75, 3.05) is 12.0 Å². The lowest BCUT2D eigenvalue weighted by Crippen LogP contribution is -2.07. The summed E-state index contributed by atoms with van der Waals surface area (Å²) in [5, 5.41) is 9.80. The van der Waals surface area contributed by atoms with Crippen molar-refractivity contribution in [3.8, 4) is 5.69 Å². The van der Waals surface area contributed by atoms with Crippen LogP contribution in [0, 0.1) is 13.8 Å². The quantitative estimate of drug-likeness (QED) is 0.339. The molecule has 2 saturated carbocycles. The van der Waals surface area contributed by atoms with E-state index in [1.54, 1.807) is 11.8 Å². The van der Waals surface area contributed by atoms with E-state index in [1.165, 1.54) is 42.3 Å². The molecule has 1 aromatic carbocycles. The largest absolute Gasteiger partial charge is 0.318 e. The maximum atomic E-state index is 13.1. The van der Waals surface area contributed by atoms with Gasteiger partial charge in [-0.05, 0) is 70.1 Å². The van der Waals surface area contributed by atoms with Gasteiger partial charge >= 0.3 is 0 Å². The van der Waals surface area contributed by atoms with Crippen LogP contribution in [-0.4, -0.2) is 37.1 Å². The number of aryl methyl sites for hydroxylation is 1. The number of benzene rings is 1. The van der Waals surface area contributed by atoms with E-state index in [2.05, 4.69) is 56.8 Å². The highest BCUT2D eigenvalue weighted by Gasteiger charge is 2.36. The lowest BCUT2D eigenvalue weighted by atomic mass is 10.2. The van der Waals surface area contributed by atoms with Crippen LogP contribution in [0.5, 0.6) is 0 Å². The number of nitrogens with zero attached hydrogens (tertiary/aromatic N) is 4. The van der Waals surface area contributed by atoms with Crippen LogP contribution in [0.15, 0.2) is 40.4 Å². The van der Waals surface area contributed by atoms with Crippen molar-refractivity contribution in [2.24, 2.45) is 0 Å². The third-order valence-corrected chi connectivity index (χ3v) is 7.59. The van der Waals surface area contributed by atoms with E-state index in [9.17, 15) is 4.79 Å².